The van der Waals surface area contributed by atoms with E-state index in [9.17, 15) is 9.18 Å². The lowest BCUT2D eigenvalue weighted by Gasteiger charge is -2.03. The van der Waals surface area contributed by atoms with Gasteiger partial charge in [-0.1, -0.05) is 41.7 Å². The van der Waals surface area contributed by atoms with Crippen LogP contribution in [-0.2, 0) is 6.54 Å². The van der Waals surface area contributed by atoms with Gasteiger partial charge in [0.05, 0.1) is 11.9 Å². The third-order valence-electron chi connectivity index (χ3n) is 3.26. The summed E-state index contributed by atoms with van der Waals surface area (Å²) in [4.78, 5) is 21.1. The van der Waals surface area contributed by atoms with E-state index in [-0.39, 0.29) is 5.91 Å². The summed E-state index contributed by atoms with van der Waals surface area (Å²) in [5.41, 5.74) is 1.66. The van der Waals surface area contributed by atoms with Crippen molar-refractivity contribution in [1.29, 1.82) is 0 Å². The molecule has 3 rings (SSSR count). The Morgan fingerprint density at radius 2 is 2.00 bits per heavy atom. The second-order valence-corrected chi connectivity index (χ2v) is 6.09. The highest BCUT2D eigenvalue weighted by molar-refractivity contribution is 7.17. The molecule has 0 aliphatic heterocycles. The van der Waals surface area contributed by atoms with Crippen LogP contribution < -0.4 is 10.6 Å². The summed E-state index contributed by atoms with van der Waals surface area (Å²) in [5.74, 6) is -0.104. The van der Waals surface area contributed by atoms with Gasteiger partial charge < -0.3 is 10.6 Å². The van der Waals surface area contributed by atoms with Crippen LogP contribution in [-0.4, -0.2) is 15.9 Å². The van der Waals surface area contributed by atoms with Crippen molar-refractivity contribution in [3.63, 3.8) is 0 Å². The van der Waals surface area contributed by atoms with Crippen LogP contribution in [0.3, 0.4) is 0 Å². The minimum atomic E-state index is -0.406. The standard InChI is InChI=1S/C17H15FN4OS/c1-11-15(16(23)20-9-12-5-3-2-4-6-12)24-17(21-11)22-14-8-7-13(18)10-19-14/h2-8,10H,9H2,1H3,(H,20,23)(H,19,21,22). The van der Waals surface area contributed by atoms with Crippen LogP contribution in [0.15, 0.2) is 48.7 Å². The van der Waals surface area contributed by atoms with Gasteiger partial charge >= 0.3 is 0 Å². The number of aromatic nitrogens is 2. The lowest BCUT2D eigenvalue weighted by molar-refractivity contribution is 0.0954. The number of rotatable bonds is 5. The summed E-state index contributed by atoms with van der Waals surface area (Å²) in [5, 5.41) is 6.39. The number of thiazole rings is 1. The summed E-state index contributed by atoms with van der Waals surface area (Å²) >= 11 is 1.23. The lowest BCUT2D eigenvalue weighted by atomic mass is 10.2. The molecule has 0 aliphatic carbocycles. The number of carbonyl (C=O) groups excluding carboxylic acids is 1. The molecule has 0 fully saturated rings. The number of amides is 1. The first kappa shape index (κ1) is 16.1. The third kappa shape index (κ3) is 3.94. The van der Waals surface area contributed by atoms with Gasteiger partial charge in [-0.15, -0.1) is 0 Å². The first-order valence-corrected chi connectivity index (χ1v) is 8.11. The molecule has 0 radical (unpaired) electrons. The van der Waals surface area contributed by atoms with Gasteiger partial charge in [-0.2, -0.15) is 0 Å². The number of nitrogens with zero attached hydrogens (tertiary/aromatic N) is 2. The molecular weight excluding hydrogens is 327 g/mol. The Morgan fingerprint density at radius 1 is 1.21 bits per heavy atom. The summed E-state index contributed by atoms with van der Waals surface area (Å²) in [7, 11) is 0. The Labute approximate surface area is 142 Å². The molecule has 1 amide bonds. The maximum absolute atomic E-state index is 12.9. The number of benzene rings is 1. The summed E-state index contributed by atoms with van der Waals surface area (Å²) in [6, 6.07) is 12.5. The van der Waals surface area contributed by atoms with E-state index in [4.69, 9.17) is 0 Å². The number of nitrogens with one attached hydrogen (secondary N) is 2. The normalized spacial score (nSPS) is 10.4. The van der Waals surface area contributed by atoms with E-state index >= 15 is 0 Å². The fourth-order valence-electron chi connectivity index (χ4n) is 2.08. The van der Waals surface area contributed by atoms with Crippen molar-refractivity contribution in [2.75, 3.05) is 5.32 Å². The Morgan fingerprint density at radius 3 is 2.71 bits per heavy atom. The highest BCUT2D eigenvalue weighted by atomic mass is 32.1. The zero-order valence-corrected chi connectivity index (χ0v) is 13.7. The third-order valence-corrected chi connectivity index (χ3v) is 4.33. The SMILES string of the molecule is Cc1nc(Nc2ccc(F)cn2)sc1C(=O)NCc1ccccc1. The summed E-state index contributed by atoms with van der Waals surface area (Å²) in [6.07, 6.45) is 1.12. The zero-order valence-electron chi connectivity index (χ0n) is 12.9. The van der Waals surface area contributed by atoms with Crippen LogP contribution in [0.1, 0.15) is 20.9 Å². The number of hydrogen-bond acceptors (Lipinski definition) is 5. The van der Waals surface area contributed by atoms with Gasteiger partial charge in [0.15, 0.2) is 5.13 Å². The van der Waals surface area contributed by atoms with Gasteiger partial charge in [-0.25, -0.2) is 14.4 Å². The maximum Gasteiger partial charge on any atom is 0.263 e. The molecule has 0 unspecified atom stereocenters. The van der Waals surface area contributed by atoms with Gasteiger partial charge in [0, 0.05) is 6.54 Å². The van der Waals surface area contributed by atoms with Crippen molar-refractivity contribution in [2.24, 2.45) is 0 Å². The molecule has 24 heavy (non-hydrogen) atoms. The number of carbonyl (C=O) groups is 1. The van der Waals surface area contributed by atoms with Crippen molar-refractivity contribution in [1.82, 2.24) is 15.3 Å². The van der Waals surface area contributed by atoms with Crippen molar-refractivity contribution < 1.29 is 9.18 Å². The minimum Gasteiger partial charge on any atom is -0.347 e. The molecular formula is C17H15FN4OS. The van der Waals surface area contributed by atoms with Gasteiger partial charge in [-0.3, -0.25) is 4.79 Å². The monoisotopic (exact) mass is 342 g/mol. The van der Waals surface area contributed by atoms with Crippen LogP contribution in [0.25, 0.3) is 0 Å². The number of hydrogen-bond donors (Lipinski definition) is 2. The molecule has 0 bridgehead atoms. The molecule has 122 valence electrons. The Bertz CT molecular complexity index is 834. The second kappa shape index (κ2) is 7.18. The molecule has 2 aromatic heterocycles. The number of anilines is 2. The van der Waals surface area contributed by atoms with Crippen molar-refractivity contribution in [3.05, 3.63) is 70.6 Å². The minimum absolute atomic E-state index is 0.172. The quantitative estimate of drug-likeness (QED) is 0.742. The van der Waals surface area contributed by atoms with E-state index < -0.39 is 5.82 Å². The van der Waals surface area contributed by atoms with Gasteiger partial charge in [-0.05, 0) is 24.6 Å². The number of halogens is 1. The highest BCUT2D eigenvalue weighted by Crippen LogP contribution is 2.25. The van der Waals surface area contributed by atoms with Crippen LogP contribution >= 0.6 is 11.3 Å². The zero-order chi connectivity index (χ0) is 16.9. The maximum atomic E-state index is 12.9. The topological polar surface area (TPSA) is 66.9 Å². The molecule has 5 nitrogen and oxygen atoms in total. The Kier molecular flexibility index (Phi) is 4.81. The number of pyridine rings is 1. The predicted octanol–water partition coefficient (Wildman–Crippen LogP) is 3.66. The molecule has 0 aliphatic rings. The van der Waals surface area contributed by atoms with E-state index in [1.54, 1.807) is 6.92 Å². The summed E-state index contributed by atoms with van der Waals surface area (Å²) < 4.78 is 12.9. The van der Waals surface area contributed by atoms with Crippen molar-refractivity contribution >= 4 is 28.2 Å². The van der Waals surface area contributed by atoms with E-state index in [1.165, 1.54) is 23.5 Å². The molecule has 0 atom stereocenters. The predicted molar refractivity (Wildman–Crippen MR) is 91.9 cm³/mol. The van der Waals surface area contributed by atoms with Gasteiger partial charge in [0.2, 0.25) is 0 Å². The fourth-order valence-corrected chi connectivity index (χ4v) is 2.97. The van der Waals surface area contributed by atoms with Crippen LogP contribution in [0.5, 0.6) is 0 Å². The smallest absolute Gasteiger partial charge is 0.263 e. The Balaban J connectivity index is 1.66. The average molecular weight is 342 g/mol. The molecule has 1 aromatic carbocycles. The average Bonchev–Trinajstić information content (AvgIpc) is 2.96. The van der Waals surface area contributed by atoms with E-state index in [0.717, 1.165) is 11.8 Å². The molecule has 0 saturated heterocycles. The van der Waals surface area contributed by atoms with E-state index in [2.05, 4.69) is 20.6 Å². The second-order valence-electron chi connectivity index (χ2n) is 5.09. The number of aryl methyl sites for hydroxylation is 1. The van der Waals surface area contributed by atoms with Crippen molar-refractivity contribution in [2.45, 2.75) is 13.5 Å². The molecule has 0 saturated carbocycles. The van der Waals surface area contributed by atoms with Gasteiger partial charge in [0.25, 0.3) is 5.91 Å². The molecule has 2 heterocycles. The van der Waals surface area contributed by atoms with Crippen LogP contribution in [0, 0.1) is 12.7 Å². The van der Waals surface area contributed by atoms with Gasteiger partial charge in [0.1, 0.15) is 16.5 Å². The summed E-state index contributed by atoms with van der Waals surface area (Å²) in [6.45, 7) is 2.23. The first-order chi connectivity index (χ1) is 11.6. The molecule has 0 spiro atoms. The van der Waals surface area contributed by atoms with Crippen molar-refractivity contribution in [3.8, 4) is 0 Å². The first-order valence-electron chi connectivity index (χ1n) is 7.30. The fraction of sp³-hybridized carbons (Fsp3) is 0.118. The Hall–Kier alpha value is -2.80. The highest BCUT2D eigenvalue weighted by Gasteiger charge is 2.15. The largest absolute Gasteiger partial charge is 0.347 e. The van der Waals surface area contributed by atoms with E-state index in [1.807, 2.05) is 30.3 Å². The van der Waals surface area contributed by atoms with Crippen LogP contribution in [0.4, 0.5) is 15.3 Å². The van der Waals surface area contributed by atoms with E-state index in [0.29, 0.717) is 28.1 Å². The molecule has 2 N–H and O–H groups in total. The van der Waals surface area contributed by atoms with Crippen LogP contribution in [0.2, 0.25) is 0 Å². The lowest BCUT2D eigenvalue weighted by Crippen LogP contribution is -2.22. The molecule has 3 aromatic rings. The molecule has 7 heteroatoms.